The van der Waals surface area contributed by atoms with E-state index >= 15 is 0 Å². The van der Waals surface area contributed by atoms with Crippen LogP contribution in [0.3, 0.4) is 0 Å². The normalized spacial score (nSPS) is 25.9. The van der Waals surface area contributed by atoms with Gasteiger partial charge in [-0.25, -0.2) is 18.5 Å². The fourth-order valence-electron chi connectivity index (χ4n) is 3.41. The molecule has 4 atom stereocenters. The zero-order chi connectivity index (χ0) is 19.0. The van der Waals surface area contributed by atoms with Crippen LogP contribution in [0.1, 0.15) is 11.8 Å². The van der Waals surface area contributed by atoms with Crippen LogP contribution in [0.15, 0.2) is 23.1 Å². The molecule has 138 valence electrons. The van der Waals surface area contributed by atoms with Crippen molar-refractivity contribution in [2.75, 3.05) is 0 Å². The Morgan fingerprint density at radius 2 is 2.15 bits per heavy atom. The van der Waals surface area contributed by atoms with Crippen molar-refractivity contribution in [1.29, 1.82) is 0 Å². The van der Waals surface area contributed by atoms with E-state index in [0.717, 1.165) is 11.3 Å². The van der Waals surface area contributed by atoms with Gasteiger partial charge in [0.25, 0.3) is 10.0 Å². The first-order chi connectivity index (χ1) is 12.1. The molecule has 9 nitrogen and oxygen atoms in total. The minimum atomic E-state index is -4.02. The van der Waals surface area contributed by atoms with Crippen LogP contribution in [0.2, 0.25) is 0 Å². The standard InChI is InChI=1S/C14H13N3O6S3.Na/c1-4(18)6-9(19)7-8(14(20)21)10(25-11(6)7)5-2-17-3-16-12(13(17)24-5)26(15,22)23;/h2-4,6-7,11,18H,1H3,(H,20,21)(H2,15,22,23);/q;+1/p-1/t4-,6+,7?,11+;/m1./s1. The number of nitrogens with two attached hydrogens (primary N) is 1. The summed E-state index contributed by atoms with van der Waals surface area (Å²) in [6, 6.07) is 0. The predicted molar refractivity (Wildman–Crippen MR) is 91.4 cm³/mol. The number of aliphatic carboxylic acids is 1. The van der Waals surface area contributed by atoms with E-state index in [0.29, 0.717) is 9.78 Å². The first-order valence-electron chi connectivity index (χ1n) is 7.45. The molecule has 1 fully saturated rings. The van der Waals surface area contributed by atoms with Crippen LogP contribution in [0.4, 0.5) is 0 Å². The number of rotatable bonds is 4. The third kappa shape index (κ3) is 3.12. The minimum Gasteiger partial charge on any atom is -0.545 e. The molecular weight excluding hydrogens is 425 g/mol. The quantitative estimate of drug-likeness (QED) is 0.457. The maximum absolute atomic E-state index is 12.3. The molecule has 0 spiro atoms. The molecule has 3 N–H and O–H groups in total. The van der Waals surface area contributed by atoms with E-state index < -0.39 is 33.9 Å². The Hall–Kier alpha value is -0.730. The summed E-state index contributed by atoms with van der Waals surface area (Å²) in [7, 11) is -4.02. The van der Waals surface area contributed by atoms with E-state index in [2.05, 4.69) is 4.98 Å². The number of carboxylic acid groups (broad SMARTS) is 1. The molecule has 0 radical (unpaired) electrons. The van der Waals surface area contributed by atoms with Gasteiger partial charge in [-0.2, -0.15) is 0 Å². The molecule has 2 aromatic heterocycles. The van der Waals surface area contributed by atoms with E-state index in [1.807, 2.05) is 0 Å². The molecule has 1 unspecified atom stereocenters. The van der Waals surface area contributed by atoms with Crippen molar-refractivity contribution in [2.45, 2.75) is 23.3 Å². The van der Waals surface area contributed by atoms with Gasteiger partial charge in [-0.15, -0.1) is 23.1 Å². The van der Waals surface area contributed by atoms with Gasteiger partial charge in [0.1, 0.15) is 16.9 Å². The van der Waals surface area contributed by atoms with Crippen molar-refractivity contribution >= 4 is 54.6 Å². The summed E-state index contributed by atoms with van der Waals surface area (Å²) in [4.78, 5) is 28.8. The molecule has 1 aliphatic carbocycles. The average molecular weight is 437 g/mol. The summed E-state index contributed by atoms with van der Waals surface area (Å²) >= 11 is 2.21. The minimum absolute atomic E-state index is 0. The average Bonchev–Trinajstić information content (AvgIpc) is 3.14. The van der Waals surface area contributed by atoms with Gasteiger partial charge in [0.05, 0.1) is 28.8 Å². The summed E-state index contributed by atoms with van der Waals surface area (Å²) in [5.74, 6) is -3.22. The van der Waals surface area contributed by atoms with Gasteiger partial charge in [0.15, 0.2) is 0 Å². The van der Waals surface area contributed by atoms with Gasteiger partial charge in [-0.05, 0) is 6.92 Å². The van der Waals surface area contributed by atoms with Crippen LogP contribution in [0, 0.1) is 11.8 Å². The summed E-state index contributed by atoms with van der Waals surface area (Å²) < 4.78 is 24.6. The first-order valence-corrected chi connectivity index (χ1v) is 10.7. The monoisotopic (exact) mass is 437 g/mol. The molecule has 3 heterocycles. The molecule has 0 aromatic carbocycles. The topological polar surface area (TPSA) is 155 Å². The molecule has 2 aliphatic rings. The molecule has 0 amide bonds. The number of thioether (sulfide) groups is 1. The molecule has 0 saturated heterocycles. The predicted octanol–water partition coefficient (Wildman–Crippen LogP) is -4.18. The molecule has 4 rings (SSSR count). The molecule has 27 heavy (non-hydrogen) atoms. The van der Waals surface area contributed by atoms with E-state index in [1.165, 1.54) is 29.4 Å². The Morgan fingerprint density at radius 3 is 2.70 bits per heavy atom. The molecule has 1 aliphatic heterocycles. The van der Waals surface area contributed by atoms with Crippen LogP contribution in [0.5, 0.6) is 0 Å². The largest absolute Gasteiger partial charge is 1.00 e. The second kappa shape index (κ2) is 6.95. The number of aliphatic hydroxyl groups is 1. The third-order valence-corrected chi connectivity index (χ3v) is 8.28. The van der Waals surface area contributed by atoms with Gasteiger partial charge in [-0.3, -0.25) is 9.20 Å². The SMILES string of the molecule is C[C@@H](O)[C@H]1C(=O)C2C(C(=O)[O-])=C(c3cn4cnc(S(N)(=O)=O)c4s3)S[C@H]21.[Na+]. The van der Waals surface area contributed by atoms with Gasteiger partial charge in [-0.1, -0.05) is 0 Å². The number of carbonyl (C=O) groups is 2. The number of nitrogens with zero attached hydrogens (tertiary/aromatic N) is 2. The van der Waals surface area contributed by atoms with Crippen LogP contribution in [-0.2, 0) is 19.6 Å². The summed E-state index contributed by atoms with van der Waals surface area (Å²) in [6.07, 6.45) is 1.93. The number of carbonyl (C=O) groups excluding carboxylic acids is 2. The van der Waals surface area contributed by atoms with E-state index in [4.69, 9.17) is 5.14 Å². The zero-order valence-corrected chi connectivity index (χ0v) is 18.6. The Balaban J connectivity index is 0.00000210. The molecule has 0 bridgehead atoms. The molecule has 13 heteroatoms. The summed E-state index contributed by atoms with van der Waals surface area (Å²) in [5, 5.41) is 25.9. The second-order valence-electron chi connectivity index (χ2n) is 6.16. The second-order valence-corrected chi connectivity index (χ2v) is 9.86. The van der Waals surface area contributed by atoms with Crippen molar-refractivity contribution in [3.05, 3.63) is 23.0 Å². The number of sulfonamides is 1. The van der Waals surface area contributed by atoms with Crippen molar-refractivity contribution in [3.63, 3.8) is 0 Å². The number of imidazole rings is 1. The Morgan fingerprint density at radius 1 is 1.48 bits per heavy atom. The van der Waals surface area contributed by atoms with Gasteiger partial charge in [0.2, 0.25) is 5.03 Å². The number of carboxylic acids is 1. The fourth-order valence-corrected chi connectivity index (χ4v) is 7.31. The van der Waals surface area contributed by atoms with Crippen molar-refractivity contribution < 1.29 is 57.8 Å². The summed E-state index contributed by atoms with van der Waals surface area (Å²) in [6.45, 7) is 1.50. The molecule has 1 saturated carbocycles. The van der Waals surface area contributed by atoms with Gasteiger partial charge >= 0.3 is 29.6 Å². The van der Waals surface area contributed by atoms with Crippen LogP contribution < -0.4 is 39.8 Å². The van der Waals surface area contributed by atoms with E-state index in [-0.39, 0.29) is 56.0 Å². The Labute approximate surface area is 184 Å². The number of aliphatic hydroxyl groups excluding tert-OH is 1. The first kappa shape index (κ1) is 21.0. The van der Waals surface area contributed by atoms with E-state index in [1.54, 1.807) is 6.20 Å². The number of hydrogen-bond donors (Lipinski definition) is 2. The molecule has 2 aromatic rings. The maximum Gasteiger partial charge on any atom is 1.00 e. The number of thiazole rings is 1. The number of Topliss-reactive ketones (excluding diaryl/α,β-unsaturated/α-hetero) is 1. The van der Waals surface area contributed by atoms with Crippen molar-refractivity contribution in [3.8, 4) is 0 Å². The summed E-state index contributed by atoms with van der Waals surface area (Å²) in [5.41, 5.74) is -0.114. The number of fused-ring (bicyclic) bond motifs is 2. The molecular formula is C14H12N3NaO6S3. The Kier molecular flexibility index (Phi) is 5.41. The zero-order valence-electron chi connectivity index (χ0n) is 14.1. The third-order valence-electron chi connectivity index (χ3n) is 4.54. The maximum atomic E-state index is 12.3. The number of hydrogen-bond acceptors (Lipinski definition) is 9. The number of primary sulfonamides is 1. The van der Waals surface area contributed by atoms with Crippen LogP contribution in [-0.4, -0.2) is 46.0 Å². The van der Waals surface area contributed by atoms with Crippen molar-refractivity contribution in [2.24, 2.45) is 17.0 Å². The van der Waals surface area contributed by atoms with Gasteiger partial charge in [0, 0.05) is 21.9 Å². The number of aromatic nitrogens is 2. The smallest absolute Gasteiger partial charge is 0.545 e. The number of ketones is 1. The van der Waals surface area contributed by atoms with Crippen molar-refractivity contribution in [1.82, 2.24) is 9.38 Å². The van der Waals surface area contributed by atoms with Crippen LogP contribution in [0.25, 0.3) is 9.74 Å². The van der Waals surface area contributed by atoms with Crippen LogP contribution >= 0.6 is 23.1 Å². The van der Waals surface area contributed by atoms with Gasteiger partial charge < -0.3 is 15.0 Å². The van der Waals surface area contributed by atoms with E-state index in [9.17, 15) is 28.2 Å². The Bertz CT molecular complexity index is 1100. The fraction of sp³-hybridized carbons (Fsp3) is 0.357.